The van der Waals surface area contributed by atoms with Gasteiger partial charge in [-0.25, -0.2) is 0 Å². The SMILES string of the molecule is CCCN(CCCNC(C)(C)C)CC1CC1. The Morgan fingerprint density at radius 2 is 1.88 bits per heavy atom. The predicted octanol–water partition coefficient (Wildman–Crippen LogP) is 2.89. The molecule has 1 rings (SSSR count). The first-order chi connectivity index (χ1) is 7.51. The van der Waals surface area contributed by atoms with Crippen molar-refractivity contribution in [1.29, 1.82) is 0 Å². The second kappa shape index (κ2) is 6.61. The summed E-state index contributed by atoms with van der Waals surface area (Å²) in [7, 11) is 0. The number of rotatable bonds is 8. The predicted molar refractivity (Wildman–Crippen MR) is 71.8 cm³/mol. The summed E-state index contributed by atoms with van der Waals surface area (Å²) >= 11 is 0. The Bertz CT molecular complexity index is 180. The molecule has 0 radical (unpaired) electrons. The second-order valence-electron chi connectivity index (χ2n) is 6.27. The molecular weight excluding hydrogens is 196 g/mol. The van der Waals surface area contributed by atoms with Crippen LogP contribution in [0.3, 0.4) is 0 Å². The van der Waals surface area contributed by atoms with Gasteiger partial charge in [0, 0.05) is 12.1 Å². The Balaban J connectivity index is 2.06. The fourth-order valence-corrected chi connectivity index (χ4v) is 2.04. The lowest BCUT2D eigenvalue weighted by Gasteiger charge is -2.24. The highest BCUT2D eigenvalue weighted by atomic mass is 15.1. The van der Waals surface area contributed by atoms with Crippen molar-refractivity contribution in [1.82, 2.24) is 10.2 Å². The topological polar surface area (TPSA) is 15.3 Å². The minimum Gasteiger partial charge on any atom is -0.312 e. The van der Waals surface area contributed by atoms with Gasteiger partial charge in [-0.1, -0.05) is 6.92 Å². The van der Waals surface area contributed by atoms with E-state index in [4.69, 9.17) is 0 Å². The molecule has 0 bridgehead atoms. The van der Waals surface area contributed by atoms with E-state index >= 15 is 0 Å². The normalized spacial score (nSPS) is 17.1. The number of hydrogen-bond donors (Lipinski definition) is 1. The minimum absolute atomic E-state index is 0.270. The van der Waals surface area contributed by atoms with Crippen LogP contribution >= 0.6 is 0 Å². The molecule has 16 heavy (non-hydrogen) atoms. The van der Waals surface area contributed by atoms with Gasteiger partial charge in [-0.3, -0.25) is 0 Å². The molecule has 1 N–H and O–H groups in total. The van der Waals surface area contributed by atoms with E-state index in [-0.39, 0.29) is 5.54 Å². The van der Waals surface area contributed by atoms with E-state index in [1.165, 1.54) is 45.3 Å². The lowest BCUT2D eigenvalue weighted by Crippen LogP contribution is -2.38. The molecule has 0 aromatic carbocycles. The Morgan fingerprint density at radius 3 is 2.38 bits per heavy atom. The van der Waals surface area contributed by atoms with Gasteiger partial charge in [0.2, 0.25) is 0 Å². The summed E-state index contributed by atoms with van der Waals surface area (Å²) in [5.41, 5.74) is 0.270. The molecule has 0 amide bonds. The van der Waals surface area contributed by atoms with Crippen LogP contribution < -0.4 is 5.32 Å². The summed E-state index contributed by atoms with van der Waals surface area (Å²) in [6, 6.07) is 0. The van der Waals surface area contributed by atoms with Crippen LogP contribution in [0.2, 0.25) is 0 Å². The Hall–Kier alpha value is -0.0800. The van der Waals surface area contributed by atoms with E-state index in [1.54, 1.807) is 0 Å². The van der Waals surface area contributed by atoms with E-state index < -0.39 is 0 Å². The fraction of sp³-hybridized carbons (Fsp3) is 1.00. The van der Waals surface area contributed by atoms with Gasteiger partial charge in [0.25, 0.3) is 0 Å². The highest BCUT2D eigenvalue weighted by molar-refractivity contribution is 4.77. The Kier molecular flexibility index (Phi) is 5.77. The van der Waals surface area contributed by atoms with Crippen LogP contribution in [0.15, 0.2) is 0 Å². The second-order valence-corrected chi connectivity index (χ2v) is 6.27. The average molecular weight is 226 g/mol. The third kappa shape index (κ3) is 7.24. The maximum Gasteiger partial charge on any atom is 0.00965 e. The molecule has 0 unspecified atom stereocenters. The fourth-order valence-electron chi connectivity index (χ4n) is 2.04. The molecule has 96 valence electrons. The minimum atomic E-state index is 0.270. The number of nitrogens with zero attached hydrogens (tertiary/aromatic N) is 1. The van der Waals surface area contributed by atoms with Gasteiger partial charge >= 0.3 is 0 Å². The lowest BCUT2D eigenvalue weighted by atomic mass is 10.1. The molecule has 0 atom stereocenters. The van der Waals surface area contributed by atoms with Crippen LogP contribution in [0.1, 0.15) is 53.4 Å². The van der Waals surface area contributed by atoms with E-state index in [2.05, 4.69) is 37.9 Å². The summed E-state index contributed by atoms with van der Waals surface area (Å²) < 4.78 is 0. The van der Waals surface area contributed by atoms with Crippen molar-refractivity contribution >= 4 is 0 Å². The van der Waals surface area contributed by atoms with Crippen molar-refractivity contribution in [2.24, 2.45) is 5.92 Å². The molecule has 0 spiro atoms. The zero-order valence-electron chi connectivity index (χ0n) is 11.7. The Morgan fingerprint density at radius 1 is 1.19 bits per heavy atom. The van der Waals surface area contributed by atoms with Crippen LogP contribution in [-0.2, 0) is 0 Å². The Labute approximate surface area is 102 Å². The average Bonchev–Trinajstić information content (AvgIpc) is 2.95. The monoisotopic (exact) mass is 226 g/mol. The first-order valence-electron chi connectivity index (χ1n) is 6.98. The van der Waals surface area contributed by atoms with Crippen molar-refractivity contribution in [2.75, 3.05) is 26.2 Å². The molecule has 2 nitrogen and oxygen atoms in total. The molecule has 2 heteroatoms. The highest BCUT2D eigenvalue weighted by Gasteiger charge is 2.23. The standard InChI is InChI=1S/C14H30N2/c1-5-10-16(12-13-7-8-13)11-6-9-15-14(2,3)4/h13,15H,5-12H2,1-4H3. The molecule has 0 heterocycles. The quantitative estimate of drug-likeness (QED) is 0.640. The number of nitrogens with one attached hydrogen (secondary N) is 1. The van der Waals surface area contributed by atoms with Crippen molar-refractivity contribution in [2.45, 2.75) is 58.9 Å². The van der Waals surface area contributed by atoms with Crippen LogP contribution in [-0.4, -0.2) is 36.6 Å². The van der Waals surface area contributed by atoms with Crippen LogP contribution in [0.4, 0.5) is 0 Å². The van der Waals surface area contributed by atoms with Crippen LogP contribution in [0, 0.1) is 5.92 Å². The highest BCUT2D eigenvalue weighted by Crippen LogP contribution is 2.29. The summed E-state index contributed by atoms with van der Waals surface area (Å²) in [6.45, 7) is 14.0. The first-order valence-corrected chi connectivity index (χ1v) is 6.98. The van der Waals surface area contributed by atoms with Gasteiger partial charge in [0.05, 0.1) is 0 Å². The summed E-state index contributed by atoms with van der Waals surface area (Å²) in [6.07, 6.45) is 5.52. The van der Waals surface area contributed by atoms with E-state index in [1.807, 2.05) is 0 Å². The molecule has 0 aromatic heterocycles. The van der Waals surface area contributed by atoms with Gasteiger partial charge in [-0.05, 0) is 72.0 Å². The zero-order chi connectivity index (χ0) is 12.0. The lowest BCUT2D eigenvalue weighted by molar-refractivity contribution is 0.255. The molecule has 0 aliphatic heterocycles. The third-order valence-electron chi connectivity index (χ3n) is 3.06. The molecule has 0 aromatic rings. The molecule has 1 fully saturated rings. The molecular formula is C14H30N2. The van der Waals surface area contributed by atoms with Gasteiger partial charge in [0.1, 0.15) is 0 Å². The maximum atomic E-state index is 3.56. The first kappa shape index (κ1) is 14.0. The summed E-state index contributed by atoms with van der Waals surface area (Å²) in [5.74, 6) is 1.03. The largest absolute Gasteiger partial charge is 0.312 e. The molecule has 0 saturated heterocycles. The van der Waals surface area contributed by atoms with Gasteiger partial charge in [-0.2, -0.15) is 0 Å². The molecule has 1 aliphatic carbocycles. The summed E-state index contributed by atoms with van der Waals surface area (Å²) in [5, 5.41) is 3.56. The third-order valence-corrected chi connectivity index (χ3v) is 3.06. The molecule has 1 saturated carbocycles. The van der Waals surface area contributed by atoms with Gasteiger partial charge in [0.15, 0.2) is 0 Å². The van der Waals surface area contributed by atoms with Gasteiger partial charge < -0.3 is 10.2 Å². The van der Waals surface area contributed by atoms with E-state index in [0.29, 0.717) is 0 Å². The van der Waals surface area contributed by atoms with Crippen molar-refractivity contribution in [3.8, 4) is 0 Å². The van der Waals surface area contributed by atoms with Crippen molar-refractivity contribution in [3.05, 3.63) is 0 Å². The summed E-state index contributed by atoms with van der Waals surface area (Å²) in [4.78, 5) is 2.65. The van der Waals surface area contributed by atoms with E-state index in [0.717, 1.165) is 12.5 Å². The van der Waals surface area contributed by atoms with Crippen molar-refractivity contribution in [3.63, 3.8) is 0 Å². The molecule has 1 aliphatic rings. The van der Waals surface area contributed by atoms with Gasteiger partial charge in [-0.15, -0.1) is 0 Å². The smallest absolute Gasteiger partial charge is 0.00965 e. The number of hydrogen-bond acceptors (Lipinski definition) is 2. The maximum absolute atomic E-state index is 3.56. The van der Waals surface area contributed by atoms with Crippen LogP contribution in [0.25, 0.3) is 0 Å². The van der Waals surface area contributed by atoms with Crippen molar-refractivity contribution < 1.29 is 0 Å². The van der Waals surface area contributed by atoms with Crippen LogP contribution in [0.5, 0.6) is 0 Å². The zero-order valence-corrected chi connectivity index (χ0v) is 11.7. The van der Waals surface area contributed by atoms with E-state index in [9.17, 15) is 0 Å².